The topological polar surface area (TPSA) is 35.8 Å². The van der Waals surface area contributed by atoms with Crippen LogP contribution in [-0.2, 0) is 13.0 Å². The van der Waals surface area contributed by atoms with E-state index in [4.69, 9.17) is 16.9 Å². The molecule has 0 saturated carbocycles. The van der Waals surface area contributed by atoms with Crippen LogP contribution >= 0.6 is 11.6 Å². The molecule has 0 aromatic heterocycles. The van der Waals surface area contributed by atoms with E-state index in [0.29, 0.717) is 17.1 Å². The fourth-order valence-corrected chi connectivity index (χ4v) is 2.20. The maximum absolute atomic E-state index is 8.80. The Bertz CT molecular complexity index is 614. The smallest absolute Gasteiger partial charge is 0.0992 e. The molecule has 0 aliphatic heterocycles. The fourth-order valence-electron chi connectivity index (χ4n) is 1.95. The van der Waals surface area contributed by atoms with Crippen LogP contribution in [0.15, 0.2) is 42.5 Å². The number of nitrogens with zero attached hydrogens (tertiary/aromatic N) is 1. The predicted molar refractivity (Wildman–Crippen MR) is 79.3 cm³/mol. The zero-order valence-electron chi connectivity index (χ0n) is 10.8. The quantitative estimate of drug-likeness (QED) is 0.895. The van der Waals surface area contributed by atoms with E-state index < -0.39 is 0 Å². The summed E-state index contributed by atoms with van der Waals surface area (Å²) in [5.41, 5.74) is 3.99. The number of para-hydroxylation sites is 1. The molecule has 2 aromatic rings. The van der Waals surface area contributed by atoms with Gasteiger partial charge in [-0.25, -0.2) is 0 Å². The maximum Gasteiger partial charge on any atom is 0.0992 e. The van der Waals surface area contributed by atoms with Gasteiger partial charge in [-0.1, -0.05) is 42.8 Å². The van der Waals surface area contributed by atoms with Gasteiger partial charge in [-0.2, -0.15) is 5.26 Å². The third-order valence-corrected chi connectivity index (χ3v) is 3.40. The van der Waals surface area contributed by atoms with E-state index in [-0.39, 0.29) is 0 Å². The predicted octanol–water partition coefficient (Wildman–Crippen LogP) is 4.39. The lowest BCUT2D eigenvalue weighted by atomic mass is 10.1. The van der Waals surface area contributed by atoms with Gasteiger partial charge in [0.25, 0.3) is 0 Å². The highest BCUT2D eigenvalue weighted by atomic mass is 35.5. The average molecular weight is 271 g/mol. The zero-order valence-corrected chi connectivity index (χ0v) is 11.5. The van der Waals surface area contributed by atoms with Crippen molar-refractivity contribution in [2.75, 3.05) is 5.32 Å². The molecule has 0 heterocycles. The second-order valence-electron chi connectivity index (χ2n) is 4.28. The highest BCUT2D eigenvalue weighted by molar-refractivity contribution is 6.31. The van der Waals surface area contributed by atoms with Crippen LogP contribution in [0.4, 0.5) is 5.69 Å². The van der Waals surface area contributed by atoms with Gasteiger partial charge in [0.2, 0.25) is 0 Å². The first-order chi connectivity index (χ1) is 9.24. The fraction of sp³-hybridized carbons (Fsp3) is 0.188. The molecule has 0 bridgehead atoms. The van der Waals surface area contributed by atoms with Crippen molar-refractivity contribution in [1.82, 2.24) is 0 Å². The number of hydrogen-bond acceptors (Lipinski definition) is 2. The van der Waals surface area contributed by atoms with Crippen molar-refractivity contribution in [3.8, 4) is 6.07 Å². The molecule has 19 heavy (non-hydrogen) atoms. The minimum atomic E-state index is 0.586. The Labute approximate surface area is 118 Å². The molecular weight excluding hydrogens is 256 g/mol. The molecule has 0 radical (unpaired) electrons. The average Bonchev–Trinajstić information content (AvgIpc) is 2.46. The Morgan fingerprint density at radius 1 is 1.16 bits per heavy atom. The standard InChI is InChI=1S/C16H15ClN2/c1-2-13-5-3-4-6-16(13)19-11-14-8-7-12(10-18)9-15(14)17/h3-9,19H,2,11H2,1H3. The van der Waals surface area contributed by atoms with Gasteiger partial charge in [0.05, 0.1) is 11.6 Å². The molecule has 0 saturated heterocycles. The van der Waals surface area contributed by atoms with E-state index in [0.717, 1.165) is 17.7 Å². The summed E-state index contributed by atoms with van der Waals surface area (Å²) in [4.78, 5) is 0. The van der Waals surface area contributed by atoms with E-state index in [1.807, 2.05) is 18.2 Å². The van der Waals surface area contributed by atoms with Crippen molar-refractivity contribution in [3.05, 3.63) is 64.2 Å². The Kier molecular flexibility index (Phi) is 4.43. The highest BCUT2D eigenvalue weighted by Gasteiger charge is 2.03. The van der Waals surface area contributed by atoms with Gasteiger partial charge in [0.1, 0.15) is 0 Å². The molecule has 0 aliphatic rings. The van der Waals surface area contributed by atoms with Crippen LogP contribution in [0.2, 0.25) is 5.02 Å². The molecule has 3 heteroatoms. The van der Waals surface area contributed by atoms with Crippen LogP contribution in [0, 0.1) is 11.3 Å². The Balaban J connectivity index is 2.13. The van der Waals surface area contributed by atoms with E-state index in [2.05, 4.69) is 30.4 Å². The molecule has 1 N–H and O–H groups in total. The summed E-state index contributed by atoms with van der Waals surface area (Å²) in [6.07, 6.45) is 0.990. The van der Waals surface area contributed by atoms with Crippen molar-refractivity contribution < 1.29 is 0 Å². The van der Waals surface area contributed by atoms with E-state index in [9.17, 15) is 0 Å². The molecule has 2 rings (SSSR count). The van der Waals surface area contributed by atoms with Crippen LogP contribution < -0.4 is 5.32 Å². The summed E-state index contributed by atoms with van der Waals surface area (Å²) in [7, 11) is 0. The molecule has 0 aliphatic carbocycles. The van der Waals surface area contributed by atoms with Gasteiger partial charge < -0.3 is 5.32 Å². The molecule has 0 unspecified atom stereocenters. The largest absolute Gasteiger partial charge is 0.381 e. The summed E-state index contributed by atoms with van der Waals surface area (Å²) in [5, 5.41) is 12.8. The van der Waals surface area contributed by atoms with E-state index in [1.54, 1.807) is 12.1 Å². The van der Waals surface area contributed by atoms with Gasteiger partial charge in [-0.3, -0.25) is 0 Å². The summed E-state index contributed by atoms with van der Waals surface area (Å²) >= 11 is 6.16. The first-order valence-corrected chi connectivity index (χ1v) is 6.62. The van der Waals surface area contributed by atoms with Gasteiger partial charge in [0, 0.05) is 17.3 Å². The molecular formula is C16H15ClN2. The molecule has 0 fully saturated rings. The van der Waals surface area contributed by atoms with E-state index in [1.165, 1.54) is 5.56 Å². The summed E-state index contributed by atoms with van der Waals surface area (Å²) < 4.78 is 0. The molecule has 0 atom stereocenters. The summed E-state index contributed by atoms with van der Waals surface area (Å²) in [6, 6.07) is 15.7. The normalized spacial score (nSPS) is 9.95. The Morgan fingerprint density at radius 2 is 1.95 bits per heavy atom. The molecule has 2 nitrogen and oxygen atoms in total. The number of benzene rings is 2. The van der Waals surface area contributed by atoms with Crippen molar-refractivity contribution >= 4 is 17.3 Å². The number of nitriles is 1. The van der Waals surface area contributed by atoms with Gasteiger partial charge in [0.15, 0.2) is 0 Å². The van der Waals surface area contributed by atoms with Crippen molar-refractivity contribution in [1.29, 1.82) is 5.26 Å². The number of rotatable bonds is 4. The zero-order chi connectivity index (χ0) is 13.7. The number of aryl methyl sites for hydroxylation is 1. The van der Waals surface area contributed by atoms with Crippen LogP contribution in [0.25, 0.3) is 0 Å². The van der Waals surface area contributed by atoms with Crippen molar-refractivity contribution in [2.24, 2.45) is 0 Å². The third kappa shape index (κ3) is 3.27. The highest BCUT2D eigenvalue weighted by Crippen LogP contribution is 2.21. The van der Waals surface area contributed by atoms with Crippen LogP contribution in [0.5, 0.6) is 0 Å². The van der Waals surface area contributed by atoms with Gasteiger partial charge >= 0.3 is 0 Å². The second-order valence-corrected chi connectivity index (χ2v) is 4.69. The summed E-state index contributed by atoms with van der Waals surface area (Å²) in [6.45, 7) is 2.79. The molecule has 96 valence electrons. The number of hydrogen-bond donors (Lipinski definition) is 1. The monoisotopic (exact) mass is 270 g/mol. The maximum atomic E-state index is 8.80. The van der Waals surface area contributed by atoms with E-state index >= 15 is 0 Å². The molecule has 2 aromatic carbocycles. The minimum absolute atomic E-state index is 0.586. The lowest BCUT2D eigenvalue weighted by Crippen LogP contribution is -2.02. The Morgan fingerprint density at radius 3 is 2.63 bits per heavy atom. The molecule has 0 amide bonds. The Hall–Kier alpha value is -1.98. The van der Waals surface area contributed by atoms with Crippen LogP contribution in [0.3, 0.4) is 0 Å². The summed E-state index contributed by atoms with van der Waals surface area (Å²) in [5.74, 6) is 0. The first-order valence-electron chi connectivity index (χ1n) is 6.25. The first kappa shape index (κ1) is 13.5. The molecule has 0 spiro atoms. The number of halogens is 1. The second kappa shape index (κ2) is 6.26. The van der Waals surface area contributed by atoms with Crippen molar-refractivity contribution in [2.45, 2.75) is 19.9 Å². The lowest BCUT2D eigenvalue weighted by molar-refractivity contribution is 1.09. The van der Waals surface area contributed by atoms with Crippen LogP contribution in [0.1, 0.15) is 23.6 Å². The van der Waals surface area contributed by atoms with Gasteiger partial charge in [-0.15, -0.1) is 0 Å². The lowest BCUT2D eigenvalue weighted by Gasteiger charge is -2.11. The third-order valence-electron chi connectivity index (χ3n) is 3.05. The van der Waals surface area contributed by atoms with Gasteiger partial charge in [-0.05, 0) is 35.7 Å². The SMILES string of the molecule is CCc1ccccc1NCc1ccc(C#N)cc1Cl. The number of nitrogens with one attached hydrogen (secondary N) is 1. The minimum Gasteiger partial charge on any atom is -0.381 e. The van der Waals surface area contributed by atoms with Crippen molar-refractivity contribution in [3.63, 3.8) is 0 Å². The van der Waals surface area contributed by atoms with Crippen LogP contribution in [-0.4, -0.2) is 0 Å². The number of anilines is 1.